The lowest BCUT2D eigenvalue weighted by molar-refractivity contribution is -0.117. The Bertz CT molecular complexity index is 652. The number of carbonyl (C=O) groups excluding carboxylic acids is 1. The third-order valence-electron chi connectivity index (χ3n) is 3.03. The van der Waals surface area contributed by atoms with Gasteiger partial charge in [-0.1, -0.05) is 41.9 Å². The van der Waals surface area contributed by atoms with E-state index in [-0.39, 0.29) is 11.7 Å². The molecule has 2 aromatic rings. The molecule has 2 rings (SSSR count). The molecule has 0 bridgehead atoms. The molecule has 0 saturated heterocycles. The molecule has 108 valence electrons. The van der Waals surface area contributed by atoms with Gasteiger partial charge in [-0.3, -0.25) is 4.79 Å². The van der Waals surface area contributed by atoms with Crippen molar-refractivity contribution in [1.82, 2.24) is 5.32 Å². The van der Waals surface area contributed by atoms with Crippen LogP contribution < -0.4 is 5.32 Å². The van der Waals surface area contributed by atoms with Gasteiger partial charge in [-0.2, -0.15) is 0 Å². The predicted molar refractivity (Wildman–Crippen MR) is 83.4 cm³/mol. The molecule has 0 aliphatic heterocycles. The monoisotopic (exact) mass is 303 g/mol. The summed E-state index contributed by atoms with van der Waals surface area (Å²) in [6, 6.07) is 13.1. The first-order valence-electron chi connectivity index (χ1n) is 6.55. The van der Waals surface area contributed by atoms with Crippen molar-refractivity contribution < 1.29 is 9.18 Å². The van der Waals surface area contributed by atoms with Crippen molar-refractivity contribution >= 4 is 23.6 Å². The summed E-state index contributed by atoms with van der Waals surface area (Å²) in [6.07, 6.45) is 3.10. The van der Waals surface area contributed by atoms with E-state index in [4.69, 9.17) is 11.6 Å². The average molecular weight is 304 g/mol. The summed E-state index contributed by atoms with van der Waals surface area (Å²) in [5, 5.41) is 3.37. The Balaban J connectivity index is 1.98. The van der Waals surface area contributed by atoms with Crippen LogP contribution in [0.25, 0.3) is 6.08 Å². The van der Waals surface area contributed by atoms with E-state index in [0.717, 1.165) is 5.56 Å². The molecule has 0 aliphatic rings. The van der Waals surface area contributed by atoms with E-state index in [9.17, 15) is 9.18 Å². The van der Waals surface area contributed by atoms with Crippen LogP contribution in [0.4, 0.5) is 4.39 Å². The Labute approximate surface area is 128 Å². The standard InChI is InChI=1S/C17H15ClFNO/c1-12(15-4-2-3-5-16(15)19)20-17(21)11-8-13-6-9-14(18)10-7-13/h2-12H,1H3,(H,20,21). The summed E-state index contributed by atoms with van der Waals surface area (Å²) in [5.74, 6) is -0.604. The molecule has 0 heterocycles. The van der Waals surface area contributed by atoms with Gasteiger partial charge in [-0.05, 0) is 36.8 Å². The second-order valence-corrected chi connectivity index (χ2v) is 5.07. The highest BCUT2D eigenvalue weighted by Crippen LogP contribution is 2.16. The van der Waals surface area contributed by atoms with Crippen LogP contribution in [0.15, 0.2) is 54.6 Å². The minimum Gasteiger partial charge on any atom is -0.346 e. The number of carbonyl (C=O) groups is 1. The van der Waals surface area contributed by atoms with Crippen molar-refractivity contribution in [2.24, 2.45) is 0 Å². The lowest BCUT2D eigenvalue weighted by atomic mass is 10.1. The summed E-state index contributed by atoms with van der Waals surface area (Å²) in [7, 11) is 0. The number of benzene rings is 2. The van der Waals surface area contributed by atoms with Gasteiger partial charge in [0.1, 0.15) is 5.82 Å². The zero-order valence-electron chi connectivity index (χ0n) is 11.5. The summed E-state index contributed by atoms with van der Waals surface area (Å²) >= 11 is 5.79. The van der Waals surface area contributed by atoms with Crippen molar-refractivity contribution in [2.75, 3.05) is 0 Å². The molecule has 1 amide bonds. The Morgan fingerprint density at radius 3 is 2.52 bits per heavy atom. The van der Waals surface area contributed by atoms with E-state index >= 15 is 0 Å². The van der Waals surface area contributed by atoms with Gasteiger partial charge in [0.25, 0.3) is 0 Å². The van der Waals surface area contributed by atoms with Crippen LogP contribution in [-0.2, 0) is 4.79 Å². The zero-order valence-corrected chi connectivity index (χ0v) is 12.3. The fourth-order valence-electron chi connectivity index (χ4n) is 1.91. The first kappa shape index (κ1) is 15.3. The molecule has 0 spiro atoms. The molecule has 1 unspecified atom stereocenters. The first-order valence-corrected chi connectivity index (χ1v) is 6.92. The minimum absolute atomic E-state index is 0.277. The number of amides is 1. The van der Waals surface area contributed by atoms with E-state index in [2.05, 4.69) is 5.32 Å². The lowest BCUT2D eigenvalue weighted by Crippen LogP contribution is -2.25. The maximum absolute atomic E-state index is 13.6. The smallest absolute Gasteiger partial charge is 0.244 e. The van der Waals surface area contributed by atoms with Crippen molar-refractivity contribution in [3.05, 3.63) is 76.6 Å². The van der Waals surface area contributed by atoms with Gasteiger partial charge < -0.3 is 5.32 Å². The van der Waals surface area contributed by atoms with Crippen LogP contribution in [0, 0.1) is 5.82 Å². The van der Waals surface area contributed by atoms with Crippen molar-refractivity contribution in [1.29, 1.82) is 0 Å². The number of hydrogen-bond donors (Lipinski definition) is 1. The van der Waals surface area contributed by atoms with Gasteiger partial charge in [0.15, 0.2) is 0 Å². The Morgan fingerprint density at radius 1 is 1.19 bits per heavy atom. The van der Waals surface area contributed by atoms with Gasteiger partial charge in [-0.25, -0.2) is 4.39 Å². The summed E-state index contributed by atoms with van der Waals surface area (Å²) < 4.78 is 13.6. The number of nitrogens with one attached hydrogen (secondary N) is 1. The van der Waals surface area contributed by atoms with Gasteiger partial charge in [0.05, 0.1) is 6.04 Å². The van der Waals surface area contributed by atoms with Crippen molar-refractivity contribution in [3.8, 4) is 0 Å². The van der Waals surface area contributed by atoms with Crippen LogP contribution >= 0.6 is 11.6 Å². The number of rotatable bonds is 4. The predicted octanol–water partition coefficient (Wildman–Crippen LogP) is 4.37. The third-order valence-corrected chi connectivity index (χ3v) is 3.28. The number of halogens is 2. The Kier molecular flexibility index (Phi) is 5.12. The molecule has 1 N–H and O–H groups in total. The molecule has 0 fully saturated rings. The van der Waals surface area contributed by atoms with Crippen molar-refractivity contribution in [2.45, 2.75) is 13.0 Å². The molecule has 0 aliphatic carbocycles. The van der Waals surface area contributed by atoms with Crippen LogP contribution in [0.1, 0.15) is 24.1 Å². The van der Waals surface area contributed by atoms with E-state index in [1.807, 2.05) is 12.1 Å². The van der Waals surface area contributed by atoms with Gasteiger partial charge >= 0.3 is 0 Å². The quantitative estimate of drug-likeness (QED) is 0.835. The molecular weight excluding hydrogens is 289 g/mol. The first-order chi connectivity index (χ1) is 10.1. The third kappa shape index (κ3) is 4.43. The highest BCUT2D eigenvalue weighted by molar-refractivity contribution is 6.30. The number of hydrogen-bond acceptors (Lipinski definition) is 1. The van der Waals surface area contributed by atoms with E-state index in [1.165, 1.54) is 12.1 Å². The minimum atomic E-state index is -0.395. The Morgan fingerprint density at radius 2 is 1.86 bits per heavy atom. The largest absolute Gasteiger partial charge is 0.346 e. The van der Waals surface area contributed by atoms with Gasteiger partial charge in [-0.15, -0.1) is 0 Å². The summed E-state index contributed by atoms with van der Waals surface area (Å²) in [6.45, 7) is 1.74. The van der Waals surface area contributed by atoms with Gasteiger partial charge in [0, 0.05) is 16.7 Å². The molecule has 0 aromatic heterocycles. The molecule has 1 atom stereocenters. The topological polar surface area (TPSA) is 29.1 Å². The van der Waals surface area contributed by atoms with Crippen LogP contribution in [0.2, 0.25) is 5.02 Å². The van der Waals surface area contributed by atoms with Crippen LogP contribution in [0.5, 0.6) is 0 Å². The fraction of sp³-hybridized carbons (Fsp3) is 0.118. The van der Waals surface area contributed by atoms with E-state index in [0.29, 0.717) is 10.6 Å². The van der Waals surface area contributed by atoms with Gasteiger partial charge in [0.2, 0.25) is 5.91 Å². The molecular formula is C17H15ClFNO. The molecule has 0 saturated carbocycles. The van der Waals surface area contributed by atoms with E-state index < -0.39 is 6.04 Å². The van der Waals surface area contributed by atoms with E-state index in [1.54, 1.807) is 43.3 Å². The second-order valence-electron chi connectivity index (χ2n) is 4.64. The van der Waals surface area contributed by atoms with Crippen LogP contribution in [-0.4, -0.2) is 5.91 Å². The molecule has 0 radical (unpaired) electrons. The highest BCUT2D eigenvalue weighted by atomic mass is 35.5. The maximum atomic E-state index is 13.6. The maximum Gasteiger partial charge on any atom is 0.244 e. The highest BCUT2D eigenvalue weighted by Gasteiger charge is 2.11. The normalized spacial score (nSPS) is 12.3. The lowest BCUT2D eigenvalue weighted by Gasteiger charge is -2.13. The second kappa shape index (κ2) is 7.04. The molecule has 21 heavy (non-hydrogen) atoms. The van der Waals surface area contributed by atoms with Crippen LogP contribution in [0.3, 0.4) is 0 Å². The summed E-state index contributed by atoms with van der Waals surface area (Å²) in [5.41, 5.74) is 1.33. The Hall–Kier alpha value is -2.13. The fourth-order valence-corrected chi connectivity index (χ4v) is 2.04. The zero-order chi connectivity index (χ0) is 15.2. The molecule has 2 aromatic carbocycles. The van der Waals surface area contributed by atoms with Crippen molar-refractivity contribution in [3.63, 3.8) is 0 Å². The average Bonchev–Trinajstić information content (AvgIpc) is 2.47. The molecule has 2 nitrogen and oxygen atoms in total. The molecule has 4 heteroatoms. The summed E-state index contributed by atoms with van der Waals surface area (Å²) in [4.78, 5) is 11.8. The SMILES string of the molecule is CC(NC(=O)C=Cc1ccc(Cl)cc1)c1ccccc1F.